The summed E-state index contributed by atoms with van der Waals surface area (Å²) in [6.45, 7) is 4.96. The molecule has 0 amide bonds. The number of carboxylic acid groups (broad SMARTS) is 1. The van der Waals surface area contributed by atoms with Crippen LogP contribution in [0.1, 0.15) is 57.7 Å². The molecule has 0 aliphatic rings. The zero-order valence-electron chi connectivity index (χ0n) is 28.0. The quantitative estimate of drug-likeness (QED) is 0.119. The first-order valence-corrected chi connectivity index (χ1v) is 16.7. The van der Waals surface area contributed by atoms with Crippen LogP contribution in [-0.2, 0) is 21.7 Å². The molecule has 0 saturated carbocycles. The zero-order chi connectivity index (χ0) is 34.1. The molecule has 0 aliphatic heterocycles. The van der Waals surface area contributed by atoms with Gasteiger partial charge < -0.3 is 14.6 Å². The van der Waals surface area contributed by atoms with Crippen LogP contribution in [0.3, 0.4) is 0 Å². The predicted octanol–water partition coefficient (Wildman–Crippen LogP) is 9.90. The van der Waals surface area contributed by atoms with Crippen LogP contribution in [0.4, 0.5) is 0 Å². The van der Waals surface area contributed by atoms with Crippen LogP contribution >= 0.6 is 0 Å². The van der Waals surface area contributed by atoms with Crippen molar-refractivity contribution in [3.05, 3.63) is 191 Å². The number of pyridine rings is 1. The zero-order valence-corrected chi connectivity index (χ0v) is 28.0. The largest absolute Gasteiger partial charge is 0.481 e. The van der Waals surface area contributed by atoms with Gasteiger partial charge in [-0.05, 0) is 82.3 Å². The molecule has 0 bridgehead atoms. The smallest absolute Gasteiger partial charge is 0.303 e. The van der Waals surface area contributed by atoms with Crippen molar-refractivity contribution in [2.75, 3.05) is 6.61 Å². The summed E-state index contributed by atoms with van der Waals surface area (Å²) in [5.41, 5.74) is 8.90. The van der Waals surface area contributed by atoms with Crippen LogP contribution in [0.5, 0.6) is 5.88 Å². The Morgan fingerprint density at radius 3 is 1.82 bits per heavy atom. The maximum atomic E-state index is 12.0. The molecule has 6 rings (SSSR count). The summed E-state index contributed by atoms with van der Waals surface area (Å²) in [5, 5.41) is 9.86. The summed E-state index contributed by atoms with van der Waals surface area (Å²) >= 11 is 0. The number of aliphatic carboxylic acids is 1. The highest BCUT2D eigenvalue weighted by Crippen LogP contribution is 2.41. The first kappa shape index (κ1) is 33.4. The lowest BCUT2D eigenvalue weighted by Gasteiger charge is -2.36. The lowest BCUT2D eigenvalue weighted by Crippen LogP contribution is -2.33. The van der Waals surface area contributed by atoms with Gasteiger partial charge in [-0.25, -0.2) is 4.98 Å². The molecule has 246 valence electrons. The number of carboxylic acids is 1. The molecule has 0 aliphatic carbocycles. The second-order valence-electron chi connectivity index (χ2n) is 12.4. The van der Waals surface area contributed by atoms with E-state index in [9.17, 15) is 9.90 Å². The van der Waals surface area contributed by atoms with Crippen LogP contribution < -0.4 is 4.74 Å². The number of aryl methyl sites for hydroxylation is 2. The Kier molecular flexibility index (Phi) is 10.6. The molecule has 0 radical (unpaired) electrons. The van der Waals surface area contributed by atoms with Crippen molar-refractivity contribution in [1.82, 2.24) is 4.98 Å². The minimum atomic E-state index is -0.872. The Balaban J connectivity index is 1.19. The fourth-order valence-electron chi connectivity index (χ4n) is 6.68. The van der Waals surface area contributed by atoms with E-state index >= 15 is 0 Å². The number of nitrogens with zero attached hydrogens (tertiary/aromatic N) is 1. The molecule has 5 nitrogen and oxygen atoms in total. The fraction of sp³-hybridized carbons (Fsp3) is 0.182. The van der Waals surface area contributed by atoms with Gasteiger partial charge in [0.2, 0.25) is 5.88 Å². The van der Waals surface area contributed by atoms with Gasteiger partial charge >= 0.3 is 5.97 Å². The highest BCUT2D eigenvalue weighted by Gasteiger charge is 2.37. The first-order valence-electron chi connectivity index (χ1n) is 16.7. The molecule has 1 heterocycles. The lowest BCUT2D eigenvalue weighted by atomic mass is 9.80. The molecule has 0 saturated heterocycles. The molecule has 1 aromatic heterocycles. The van der Waals surface area contributed by atoms with E-state index in [1.165, 1.54) is 16.7 Å². The molecule has 6 aromatic rings. The van der Waals surface area contributed by atoms with Gasteiger partial charge in [-0.3, -0.25) is 4.79 Å². The van der Waals surface area contributed by atoms with E-state index in [4.69, 9.17) is 9.47 Å². The SMILES string of the molecule is Cc1cccc(C)c1-c1cccc(COc2ccc(C(CCOC(c3ccccc3)(c3ccccc3)c3ccccc3)CC(=O)O)cn2)c1. The van der Waals surface area contributed by atoms with Crippen LogP contribution in [0, 0.1) is 13.8 Å². The Morgan fingerprint density at radius 2 is 1.29 bits per heavy atom. The average Bonchev–Trinajstić information content (AvgIpc) is 3.13. The molecule has 5 aromatic carbocycles. The summed E-state index contributed by atoms with van der Waals surface area (Å²) in [7, 11) is 0. The molecule has 1 N–H and O–H groups in total. The summed E-state index contributed by atoms with van der Waals surface area (Å²) in [4.78, 5) is 16.6. The highest BCUT2D eigenvalue weighted by molar-refractivity contribution is 5.71. The van der Waals surface area contributed by atoms with Gasteiger partial charge in [0, 0.05) is 18.9 Å². The third-order valence-corrected chi connectivity index (χ3v) is 9.06. The summed E-state index contributed by atoms with van der Waals surface area (Å²) < 4.78 is 13.0. The summed E-state index contributed by atoms with van der Waals surface area (Å²) in [6, 6.07) is 49.1. The van der Waals surface area contributed by atoms with Crippen molar-refractivity contribution in [1.29, 1.82) is 0 Å². The average molecular weight is 648 g/mol. The maximum Gasteiger partial charge on any atom is 0.303 e. The van der Waals surface area contributed by atoms with Crippen LogP contribution in [-0.4, -0.2) is 22.7 Å². The van der Waals surface area contributed by atoms with Crippen molar-refractivity contribution in [2.24, 2.45) is 0 Å². The van der Waals surface area contributed by atoms with E-state index < -0.39 is 11.6 Å². The third-order valence-electron chi connectivity index (χ3n) is 9.06. The monoisotopic (exact) mass is 647 g/mol. The molecule has 5 heteroatoms. The van der Waals surface area contributed by atoms with Crippen molar-refractivity contribution in [2.45, 2.75) is 44.8 Å². The van der Waals surface area contributed by atoms with Gasteiger partial charge in [-0.15, -0.1) is 0 Å². The lowest BCUT2D eigenvalue weighted by molar-refractivity contribution is -0.137. The van der Waals surface area contributed by atoms with Crippen LogP contribution in [0.15, 0.2) is 152 Å². The number of hydrogen-bond acceptors (Lipinski definition) is 4. The molecule has 1 unspecified atom stereocenters. The molecule has 1 atom stereocenters. The molecule has 0 spiro atoms. The van der Waals surface area contributed by atoms with E-state index in [-0.39, 0.29) is 12.3 Å². The molecular weight excluding hydrogens is 606 g/mol. The second-order valence-corrected chi connectivity index (χ2v) is 12.4. The van der Waals surface area contributed by atoms with E-state index in [2.05, 4.69) is 97.7 Å². The number of rotatable bonds is 14. The number of aromatic nitrogens is 1. The third kappa shape index (κ3) is 7.80. The number of hydrogen-bond donors (Lipinski definition) is 1. The standard InChI is InChI=1S/C44H41NO4/c1-32-14-12-15-33(2)43(32)36-17-13-16-34(28-36)31-48-41-25-24-37(30-45-41)35(29-42(46)47)26-27-49-44(38-18-6-3-7-19-38,39-20-8-4-9-21-39)40-22-10-5-11-23-40/h3-25,28,30,35H,26-27,29,31H2,1-2H3,(H,46,47). The van der Waals surface area contributed by atoms with Gasteiger partial charge in [0.05, 0.1) is 6.42 Å². The molecule has 0 fully saturated rings. The first-order chi connectivity index (χ1) is 23.9. The van der Waals surface area contributed by atoms with Crippen LogP contribution in [0.2, 0.25) is 0 Å². The van der Waals surface area contributed by atoms with Crippen LogP contribution in [0.25, 0.3) is 11.1 Å². The Labute approximate surface area is 288 Å². The molecular formula is C44H41NO4. The number of benzene rings is 5. The highest BCUT2D eigenvalue weighted by atomic mass is 16.5. The number of carbonyl (C=O) groups is 1. The van der Waals surface area contributed by atoms with Gasteiger partial charge in [0.25, 0.3) is 0 Å². The minimum absolute atomic E-state index is 0.0363. The van der Waals surface area contributed by atoms with Gasteiger partial charge in [-0.2, -0.15) is 0 Å². The summed E-state index contributed by atoms with van der Waals surface area (Å²) in [6.07, 6.45) is 2.19. The van der Waals surface area contributed by atoms with Crippen molar-refractivity contribution in [3.8, 4) is 17.0 Å². The Morgan fingerprint density at radius 1 is 0.714 bits per heavy atom. The van der Waals surface area contributed by atoms with Gasteiger partial charge in [0.1, 0.15) is 12.2 Å². The van der Waals surface area contributed by atoms with Crippen molar-refractivity contribution >= 4 is 5.97 Å². The van der Waals surface area contributed by atoms with Gasteiger partial charge in [-0.1, -0.05) is 133 Å². The molecule has 49 heavy (non-hydrogen) atoms. The predicted molar refractivity (Wildman–Crippen MR) is 195 cm³/mol. The Bertz CT molecular complexity index is 1840. The topological polar surface area (TPSA) is 68.7 Å². The summed E-state index contributed by atoms with van der Waals surface area (Å²) in [5.74, 6) is -0.676. The van der Waals surface area contributed by atoms with E-state index in [1.54, 1.807) is 6.20 Å². The second kappa shape index (κ2) is 15.6. The van der Waals surface area contributed by atoms with Gasteiger partial charge in [0.15, 0.2) is 0 Å². The fourth-order valence-corrected chi connectivity index (χ4v) is 6.68. The normalized spacial score (nSPS) is 12.0. The van der Waals surface area contributed by atoms with E-state index in [1.807, 2.05) is 66.7 Å². The number of ether oxygens (including phenoxy) is 2. The van der Waals surface area contributed by atoms with E-state index in [0.29, 0.717) is 25.5 Å². The van der Waals surface area contributed by atoms with E-state index in [0.717, 1.165) is 33.4 Å². The maximum absolute atomic E-state index is 12.0. The van der Waals surface area contributed by atoms with Crippen molar-refractivity contribution < 1.29 is 19.4 Å². The minimum Gasteiger partial charge on any atom is -0.481 e. The Hall–Kier alpha value is -5.52. The van der Waals surface area contributed by atoms with Crippen molar-refractivity contribution in [3.63, 3.8) is 0 Å².